The van der Waals surface area contributed by atoms with Gasteiger partial charge in [0.15, 0.2) is 15.3 Å². The molecule has 3 aliphatic rings. The Morgan fingerprint density at radius 1 is 1.07 bits per heavy atom. The molecule has 2 saturated heterocycles. The molecular weight excluding hydrogens is 396 g/mol. The van der Waals surface area contributed by atoms with E-state index in [-0.39, 0.29) is 23.5 Å². The molecule has 4 rings (SSSR count). The van der Waals surface area contributed by atoms with Crippen LogP contribution in [0, 0.1) is 11.3 Å². The quantitative estimate of drug-likeness (QED) is 0.536. The van der Waals surface area contributed by atoms with E-state index in [1.54, 1.807) is 31.2 Å². The standard InChI is InChI=1S/C21H24O7S/c1-12-11-15(13-7-5-6-8-16(13)26-4)21(14-9-10-29(24,25)17(12)14)18(22)27-20(2,3)28-19(21)23/h5-8,14-15H,9-11H2,1-4H3/t14?,15-/m1/s1. The van der Waals surface area contributed by atoms with Crippen LogP contribution < -0.4 is 4.74 Å². The third-order valence-corrected chi connectivity index (χ3v) is 8.30. The summed E-state index contributed by atoms with van der Waals surface area (Å²) >= 11 is 0. The SMILES string of the molecule is COc1ccccc1[C@H]1CC(C)=C2C(CCS2(=O)=O)C12C(=O)OC(C)(C)OC2=O. The summed E-state index contributed by atoms with van der Waals surface area (Å²) in [6, 6.07) is 7.15. The smallest absolute Gasteiger partial charge is 0.328 e. The number of allylic oxidation sites excluding steroid dienone is 2. The van der Waals surface area contributed by atoms with Crippen LogP contribution in [0.3, 0.4) is 0 Å². The second-order valence-electron chi connectivity index (χ2n) is 8.35. The maximum Gasteiger partial charge on any atom is 0.328 e. The van der Waals surface area contributed by atoms with Gasteiger partial charge in [-0.1, -0.05) is 23.8 Å². The molecule has 1 aromatic rings. The van der Waals surface area contributed by atoms with E-state index in [9.17, 15) is 18.0 Å². The van der Waals surface area contributed by atoms with Gasteiger partial charge in [-0.25, -0.2) is 8.42 Å². The van der Waals surface area contributed by atoms with Crippen molar-refractivity contribution in [3.63, 3.8) is 0 Å². The van der Waals surface area contributed by atoms with E-state index in [0.29, 0.717) is 16.9 Å². The van der Waals surface area contributed by atoms with Crippen molar-refractivity contribution in [2.75, 3.05) is 12.9 Å². The summed E-state index contributed by atoms with van der Waals surface area (Å²) in [7, 11) is -2.02. The van der Waals surface area contributed by atoms with Crippen LogP contribution in [0.15, 0.2) is 34.7 Å². The molecule has 0 N–H and O–H groups in total. The number of carbonyl (C=O) groups excluding carboxylic acids is 2. The highest BCUT2D eigenvalue weighted by atomic mass is 32.2. The Balaban J connectivity index is 2.00. The zero-order chi connectivity index (χ0) is 21.2. The van der Waals surface area contributed by atoms with Crippen LogP contribution in [0.5, 0.6) is 5.75 Å². The van der Waals surface area contributed by atoms with E-state index >= 15 is 0 Å². The number of fused-ring (bicyclic) bond motifs is 2. The number of hydrogen-bond donors (Lipinski definition) is 0. The van der Waals surface area contributed by atoms with Crippen molar-refractivity contribution >= 4 is 21.8 Å². The van der Waals surface area contributed by atoms with Gasteiger partial charge in [0.25, 0.3) is 5.79 Å². The van der Waals surface area contributed by atoms with E-state index in [1.807, 2.05) is 0 Å². The fraction of sp³-hybridized carbons (Fsp3) is 0.524. The van der Waals surface area contributed by atoms with Crippen LogP contribution in [-0.4, -0.2) is 39.0 Å². The van der Waals surface area contributed by atoms with Gasteiger partial charge in [-0.2, -0.15) is 0 Å². The second kappa shape index (κ2) is 6.32. The highest BCUT2D eigenvalue weighted by Crippen LogP contribution is 2.61. The first-order valence-electron chi connectivity index (χ1n) is 9.57. The minimum Gasteiger partial charge on any atom is -0.496 e. The molecule has 2 aliphatic heterocycles. The van der Waals surface area contributed by atoms with Gasteiger partial charge >= 0.3 is 11.9 Å². The average molecular weight is 420 g/mol. The molecule has 29 heavy (non-hydrogen) atoms. The minimum atomic E-state index is -3.54. The third kappa shape index (κ3) is 2.72. The molecule has 1 spiro atoms. The van der Waals surface area contributed by atoms with E-state index in [0.717, 1.165) is 0 Å². The maximum atomic E-state index is 13.5. The zero-order valence-electron chi connectivity index (χ0n) is 16.9. The Morgan fingerprint density at radius 2 is 1.69 bits per heavy atom. The molecule has 1 unspecified atom stereocenters. The fourth-order valence-corrected chi connectivity index (χ4v) is 7.25. The Bertz CT molecular complexity index is 1010. The number of esters is 2. The first-order valence-corrected chi connectivity index (χ1v) is 11.2. The van der Waals surface area contributed by atoms with Gasteiger partial charge in [-0.15, -0.1) is 0 Å². The van der Waals surface area contributed by atoms with Crippen molar-refractivity contribution < 1.29 is 32.2 Å². The lowest BCUT2D eigenvalue weighted by atomic mass is 9.57. The van der Waals surface area contributed by atoms with Gasteiger partial charge in [-0.05, 0) is 31.4 Å². The molecule has 1 aliphatic carbocycles. The Morgan fingerprint density at radius 3 is 2.31 bits per heavy atom. The summed E-state index contributed by atoms with van der Waals surface area (Å²) in [5.41, 5.74) is -0.437. The normalized spacial score (nSPS) is 29.2. The maximum absolute atomic E-state index is 13.5. The lowest BCUT2D eigenvalue weighted by molar-refractivity contribution is -0.257. The molecule has 2 heterocycles. The van der Waals surface area contributed by atoms with Crippen LogP contribution in [0.1, 0.15) is 45.1 Å². The monoisotopic (exact) mass is 420 g/mol. The van der Waals surface area contributed by atoms with E-state index < -0.39 is 44.8 Å². The largest absolute Gasteiger partial charge is 0.496 e. The molecule has 1 aromatic carbocycles. The van der Waals surface area contributed by atoms with Gasteiger partial charge in [0, 0.05) is 30.6 Å². The Hall–Kier alpha value is -2.35. The number of methoxy groups -OCH3 is 1. The summed E-state index contributed by atoms with van der Waals surface area (Å²) in [5, 5.41) is 0. The number of sulfone groups is 1. The van der Waals surface area contributed by atoms with Gasteiger partial charge in [0.2, 0.25) is 0 Å². The van der Waals surface area contributed by atoms with Crippen molar-refractivity contribution in [3.05, 3.63) is 40.3 Å². The highest BCUT2D eigenvalue weighted by molar-refractivity contribution is 7.95. The summed E-state index contributed by atoms with van der Waals surface area (Å²) in [4.78, 5) is 27.1. The predicted octanol–water partition coefficient (Wildman–Crippen LogP) is 2.71. The molecule has 0 amide bonds. The molecular formula is C21H24O7S. The summed E-state index contributed by atoms with van der Waals surface area (Å²) in [5.74, 6) is -3.92. The summed E-state index contributed by atoms with van der Waals surface area (Å²) in [6.45, 7) is 4.73. The number of rotatable bonds is 2. The summed E-state index contributed by atoms with van der Waals surface area (Å²) in [6.07, 6.45) is 0.390. The number of benzene rings is 1. The van der Waals surface area contributed by atoms with E-state index in [2.05, 4.69) is 0 Å². The molecule has 2 fully saturated rings. The van der Waals surface area contributed by atoms with Gasteiger partial charge in [-0.3, -0.25) is 9.59 Å². The Labute approximate surface area is 169 Å². The van der Waals surface area contributed by atoms with Crippen LogP contribution >= 0.6 is 0 Å². The van der Waals surface area contributed by atoms with Crippen LogP contribution in [-0.2, 0) is 28.9 Å². The lowest BCUT2D eigenvalue weighted by Gasteiger charge is -2.49. The van der Waals surface area contributed by atoms with Gasteiger partial charge in [0.1, 0.15) is 5.75 Å². The van der Waals surface area contributed by atoms with Crippen molar-refractivity contribution in [1.82, 2.24) is 0 Å². The van der Waals surface area contributed by atoms with Crippen molar-refractivity contribution in [2.24, 2.45) is 11.3 Å². The third-order valence-electron chi connectivity index (χ3n) is 6.22. The molecule has 0 radical (unpaired) electrons. The number of cyclic esters (lactones) is 2. The molecule has 156 valence electrons. The molecule has 2 atom stereocenters. The van der Waals surface area contributed by atoms with Crippen molar-refractivity contribution in [2.45, 2.75) is 45.3 Å². The summed E-state index contributed by atoms with van der Waals surface area (Å²) < 4.78 is 42.1. The lowest BCUT2D eigenvalue weighted by Crippen LogP contribution is -2.61. The second-order valence-corrected chi connectivity index (χ2v) is 10.4. The molecule has 0 saturated carbocycles. The fourth-order valence-electron chi connectivity index (χ4n) is 5.14. The average Bonchev–Trinajstić information content (AvgIpc) is 2.96. The van der Waals surface area contributed by atoms with Crippen molar-refractivity contribution in [3.8, 4) is 5.75 Å². The highest BCUT2D eigenvalue weighted by Gasteiger charge is 2.69. The number of para-hydroxylation sites is 1. The topological polar surface area (TPSA) is 96.0 Å². The van der Waals surface area contributed by atoms with Crippen LogP contribution in [0.25, 0.3) is 0 Å². The number of carbonyl (C=O) groups is 2. The van der Waals surface area contributed by atoms with Crippen LogP contribution in [0.2, 0.25) is 0 Å². The minimum absolute atomic E-state index is 0.102. The van der Waals surface area contributed by atoms with Gasteiger partial charge < -0.3 is 14.2 Å². The molecule has 0 bridgehead atoms. The van der Waals surface area contributed by atoms with E-state index in [4.69, 9.17) is 14.2 Å². The van der Waals surface area contributed by atoms with E-state index in [1.165, 1.54) is 21.0 Å². The zero-order valence-corrected chi connectivity index (χ0v) is 17.7. The first-order chi connectivity index (χ1) is 13.5. The predicted molar refractivity (Wildman–Crippen MR) is 104 cm³/mol. The van der Waals surface area contributed by atoms with Crippen LogP contribution in [0.4, 0.5) is 0 Å². The Kier molecular flexibility index (Phi) is 4.35. The number of hydrogen-bond acceptors (Lipinski definition) is 7. The number of ether oxygens (including phenoxy) is 3. The van der Waals surface area contributed by atoms with Gasteiger partial charge in [0.05, 0.1) is 12.9 Å². The first kappa shape index (κ1) is 19.9. The van der Waals surface area contributed by atoms with Crippen molar-refractivity contribution in [1.29, 1.82) is 0 Å². The molecule has 8 heteroatoms. The molecule has 0 aromatic heterocycles. The molecule has 7 nitrogen and oxygen atoms in total.